The lowest BCUT2D eigenvalue weighted by Gasteiger charge is -2.25. The van der Waals surface area contributed by atoms with Crippen LogP contribution in [0.2, 0.25) is 0 Å². The van der Waals surface area contributed by atoms with E-state index in [0.29, 0.717) is 18.3 Å². The molecule has 0 amide bonds. The Morgan fingerprint density at radius 3 is 2.58 bits per heavy atom. The van der Waals surface area contributed by atoms with E-state index < -0.39 is 0 Å². The standard InChI is InChI=1S/C16H23NO2/c1-2-19-16(18)15(12-13-8-6-7-9-13)17-14-10-4-3-5-11-14/h6-9,12-14,17H,2-5,10-11H2,1H3/b15-12+. The first kappa shape index (κ1) is 13.9. The molecule has 0 aromatic rings. The summed E-state index contributed by atoms with van der Waals surface area (Å²) in [5.41, 5.74) is 0.620. The highest BCUT2D eigenvalue weighted by Crippen LogP contribution is 2.20. The van der Waals surface area contributed by atoms with Crippen LogP contribution in [0.1, 0.15) is 39.0 Å². The first-order chi connectivity index (χ1) is 9.29. The largest absolute Gasteiger partial charge is 0.461 e. The maximum absolute atomic E-state index is 12.0. The molecule has 104 valence electrons. The number of ether oxygens (including phenoxy) is 1. The predicted molar refractivity (Wildman–Crippen MR) is 76.5 cm³/mol. The molecular formula is C16H23NO2. The number of hydrogen-bond acceptors (Lipinski definition) is 3. The summed E-state index contributed by atoms with van der Waals surface area (Å²) < 4.78 is 5.14. The topological polar surface area (TPSA) is 38.3 Å². The van der Waals surface area contributed by atoms with Crippen LogP contribution in [0, 0.1) is 5.92 Å². The van der Waals surface area contributed by atoms with Gasteiger partial charge in [-0.3, -0.25) is 0 Å². The smallest absolute Gasteiger partial charge is 0.354 e. The molecule has 0 radical (unpaired) electrons. The molecule has 2 rings (SSSR count). The predicted octanol–water partition coefficient (Wildman–Crippen LogP) is 3.10. The second-order valence-electron chi connectivity index (χ2n) is 5.13. The van der Waals surface area contributed by atoms with Crippen LogP contribution >= 0.6 is 0 Å². The molecule has 0 saturated heterocycles. The Kier molecular flexibility index (Phi) is 5.25. The van der Waals surface area contributed by atoms with Crippen molar-refractivity contribution < 1.29 is 9.53 Å². The molecule has 0 unspecified atom stereocenters. The van der Waals surface area contributed by atoms with E-state index in [4.69, 9.17) is 4.74 Å². The molecule has 0 atom stereocenters. The molecule has 1 saturated carbocycles. The van der Waals surface area contributed by atoms with Gasteiger partial charge in [-0.05, 0) is 25.8 Å². The van der Waals surface area contributed by atoms with E-state index >= 15 is 0 Å². The van der Waals surface area contributed by atoms with Crippen LogP contribution in [0.4, 0.5) is 0 Å². The van der Waals surface area contributed by atoms with Gasteiger partial charge in [0, 0.05) is 12.0 Å². The number of carbonyl (C=O) groups excluding carboxylic acids is 1. The van der Waals surface area contributed by atoms with Crippen molar-refractivity contribution in [1.82, 2.24) is 5.32 Å². The molecule has 0 spiro atoms. The number of carbonyl (C=O) groups is 1. The van der Waals surface area contributed by atoms with Crippen LogP contribution in [0.3, 0.4) is 0 Å². The van der Waals surface area contributed by atoms with E-state index in [0.717, 1.165) is 12.8 Å². The summed E-state index contributed by atoms with van der Waals surface area (Å²) in [7, 11) is 0. The summed E-state index contributed by atoms with van der Waals surface area (Å²) in [5.74, 6) is -0.0303. The van der Waals surface area contributed by atoms with Gasteiger partial charge >= 0.3 is 5.97 Å². The van der Waals surface area contributed by atoms with Crippen LogP contribution in [-0.2, 0) is 9.53 Å². The molecule has 2 aliphatic rings. The number of nitrogens with one attached hydrogen (secondary N) is 1. The minimum absolute atomic E-state index is 0.204. The van der Waals surface area contributed by atoms with Gasteiger partial charge < -0.3 is 10.1 Å². The van der Waals surface area contributed by atoms with Gasteiger partial charge in [-0.2, -0.15) is 0 Å². The highest BCUT2D eigenvalue weighted by molar-refractivity contribution is 5.88. The molecule has 19 heavy (non-hydrogen) atoms. The van der Waals surface area contributed by atoms with Gasteiger partial charge in [0.15, 0.2) is 0 Å². The summed E-state index contributed by atoms with van der Waals surface area (Å²) in [6.45, 7) is 2.25. The van der Waals surface area contributed by atoms with E-state index in [1.807, 2.05) is 25.2 Å². The van der Waals surface area contributed by atoms with Crippen molar-refractivity contribution in [2.24, 2.45) is 5.92 Å². The average molecular weight is 261 g/mol. The van der Waals surface area contributed by atoms with Crippen LogP contribution in [0.5, 0.6) is 0 Å². The first-order valence-corrected chi connectivity index (χ1v) is 7.30. The van der Waals surface area contributed by atoms with Gasteiger partial charge in [0.2, 0.25) is 0 Å². The molecule has 0 aliphatic heterocycles. The van der Waals surface area contributed by atoms with Gasteiger partial charge in [-0.1, -0.05) is 43.6 Å². The molecule has 3 nitrogen and oxygen atoms in total. The van der Waals surface area contributed by atoms with E-state index in [9.17, 15) is 4.79 Å². The molecule has 0 aromatic heterocycles. The Hall–Kier alpha value is -1.51. The maximum atomic E-state index is 12.0. The summed E-state index contributed by atoms with van der Waals surface area (Å²) in [6.07, 6.45) is 16.2. The Balaban J connectivity index is 2.02. The van der Waals surface area contributed by atoms with E-state index in [1.54, 1.807) is 0 Å². The Morgan fingerprint density at radius 1 is 1.26 bits per heavy atom. The molecule has 0 aromatic carbocycles. The third-order valence-corrected chi connectivity index (χ3v) is 3.60. The van der Waals surface area contributed by atoms with E-state index in [1.165, 1.54) is 19.3 Å². The van der Waals surface area contributed by atoms with E-state index in [2.05, 4.69) is 17.5 Å². The number of hydrogen-bond donors (Lipinski definition) is 1. The van der Waals surface area contributed by atoms with Gasteiger partial charge in [-0.25, -0.2) is 4.79 Å². The number of allylic oxidation sites excluding steroid dienone is 5. The molecule has 3 heteroatoms. The van der Waals surface area contributed by atoms with Crippen LogP contribution in [0.25, 0.3) is 0 Å². The van der Waals surface area contributed by atoms with Gasteiger partial charge in [0.25, 0.3) is 0 Å². The maximum Gasteiger partial charge on any atom is 0.354 e. The van der Waals surface area contributed by atoms with Gasteiger partial charge in [0.1, 0.15) is 5.70 Å². The molecule has 0 heterocycles. The van der Waals surface area contributed by atoms with Crippen molar-refractivity contribution in [2.75, 3.05) is 6.61 Å². The fourth-order valence-corrected chi connectivity index (χ4v) is 2.60. The molecule has 1 fully saturated rings. The minimum Gasteiger partial charge on any atom is -0.461 e. The van der Waals surface area contributed by atoms with E-state index in [-0.39, 0.29) is 11.9 Å². The zero-order chi connectivity index (χ0) is 13.5. The van der Waals surface area contributed by atoms with Crippen molar-refractivity contribution in [3.05, 3.63) is 36.1 Å². The highest BCUT2D eigenvalue weighted by Gasteiger charge is 2.19. The monoisotopic (exact) mass is 261 g/mol. The number of rotatable bonds is 5. The zero-order valence-corrected chi connectivity index (χ0v) is 11.6. The van der Waals surface area contributed by atoms with Crippen LogP contribution < -0.4 is 5.32 Å². The normalized spacial score (nSPS) is 20.8. The first-order valence-electron chi connectivity index (χ1n) is 7.30. The van der Waals surface area contributed by atoms with Crippen molar-refractivity contribution in [1.29, 1.82) is 0 Å². The average Bonchev–Trinajstić information content (AvgIpc) is 2.92. The molecule has 2 aliphatic carbocycles. The lowest BCUT2D eigenvalue weighted by atomic mass is 9.95. The van der Waals surface area contributed by atoms with Crippen molar-refractivity contribution >= 4 is 5.97 Å². The summed E-state index contributed by atoms with van der Waals surface area (Å²) in [5, 5.41) is 3.39. The quantitative estimate of drug-likeness (QED) is 0.610. The lowest BCUT2D eigenvalue weighted by molar-refractivity contribution is -0.139. The minimum atomic E-state index is -0.234. The zero-order valence-electron chi connectivity index (χ0n) is 11.6. The second-order valence-corrected chi connectivity index (χ2v) is 5.13. The van der Waals surface area contributed by atoms with Crippen LogP contribution in [0.15, 0.2) is 36.1 Å². The fraction of sp³-hybridized carbons (Fsp3) is 0.562. The molecular weight excluding hydrogens is 238 g/mol. The van der Waals surface area contributed by atoms with Gasteiger partial charge in [0.05, 0.1) is 6.61 Å². The van der Waals surface area contributed by atoms with Crippen molar-refractivity contribution in [3.63, 3.8) is 0 Å². The SMILES string of the molecule is CCOC(=O)/C(=C\C1C=CC=C1)NC1CCCCC1. The Labute approximate surface area is 115 Å². The summed E-state index contributed by atoms with van der Waals surface area (Å²) in [4.78, 5) is 12.0. The summed E-state index contributed by atoms with van der Waals surface area (Å²) >= 11 is 0. The Bertz CT molecular complexity index is 378. The summed E-state index contributed by atoms with van der Waals surface area (Å²) in [6, 6.07) is 0.416. The van der Waals surface area contributed by atoms with Crippen molar-refractivity contribution in [3.8, 4) is 0 Å². The van der Waals surface area contributed by atoms with Gasteiger partial charge in [-0.15, -0.1) is 0 Å². The molecule has 1 N–H and O–H groups in total. The Morgan fingerprint density at radius 2 is 1.95 bits per heavy atom. The van der Waals surface area contributed by atoms with Crippen LogP contribution in [-0.4, -0.2) is 18.6 Å². The molecule has 0 bridgehead atoms. The third-order valence-electron chi connectivity index (χ3n) is 3.60. The fourth-order valence-electron chi connectivity index (χ4n) is 2.60. The number of esters is 1. The second kappa shape index (κ2) is 7.17. The third kappa shape index (κ3) is 4.27. The van der Waals surface area contributed by atoms with Crippen molar-refractivity contribution in [2.45, 2.75) is 45.1 Å². The highest BCUT2D eigenvalue weighted by atomic mass is 16.5. The lowest BCUT2D eigenvalue weighted by Crippen LogP contribution is -2.34.